The number of hydrogen-bond donors (Lipinski definition) is 2. The SMILES string of the molecule is C.Cn1c2ccccc2c2c1cc(Cl)c(=O)n2-c1ccc(C(=O)O)cc1.Cn1c2ccccc2c2c1ccc(=O)n2-c1ccc(C(=O)O)cc1.[C-]#[N+]c1ccc(-n2c(=O)ccc3c2c2ccccc2n3C)cc1.[Na+].[OH-]. The van der Waals surface area contributed by atoms with Gasteiger partial charge in [-0.05, 0) is 97.1 Å². The van der Waals surface area contributed by atoms with Crippen molar-refractivity contribution in [1.29, 1.82) is 0 Å². The van der Waals surface area contributed by atoms with Crippen LogP contribution in [0, 0.1) is 6.57 Å². The zero-order valence-corrected chi connectivity index (χ0v) is 42.9. The van der Waals surface area contributed by atoms with Crippen molar-refractivity contribution in [2.24, 2.45) is 21.1 Å². The zero-order chi connectivity index (χ0) is 50.5. The smallest absolute Gasteiger partial charge is 0.870 e. The molecule has 0 radical (unpaired) electrons. The van der Waals surface area contributed by atoms with Crippen molar-refractivity contribution in [1.82, 2.24) is 27.4 Å². The Kier molecular flexibility index (Phi) is 15.7. The zero-order valence-electron chi connectivity index (χ0n) is 40.1. The van der Waals surface area contributed by atoms with Crippen molar-refractivity contribution in [3.63, 3.8) is 0 Å². The summed E-state index contributed by atoms with van der Waals surface area (Å²) in [5, 5.41) is 21.2. The van der Waals surface area contributed by atoms with Crippen LogP contribution in [0.5, 0.6) is 0 Å². The van der Waals surface area contributed by atoms with E-state index in [1.165, 1.54) is 34.9 Å². The molecule has 0 unspecified atom stereocenters. The van der Waals surface area contributed by atoms with Crippen molar-refractivity contribution < 1.29 is 54.8 Å². The molecule has 0 atom stereocenters. The molecule has 0 fully saturated rings. The van der Waals surface area contributed by atoms with Crippen LogP contribution >= 0.6 is 11.6 Å². The number of carboxylic acids is 2. The Morgan fingerprint density at radius 2 is 0.800 bits per heavy atom. The molecule has 12 aromatic rings. The molecule has 0 amide bonds. The van der Waals surface area contributed by atoms with Gasteiger partial charge in [0.05, 0.1) is 67.3 Å². The molecule has 368 valence electrons. The fourth-order valence-electron chi connectivity index (χ4n) is 9.43. The van der Waals surface area contributed by atoms with Gasteiger partial charge >= 0.3 is 41.5 Å². The van der Waals surface area contributed by atoms with Crippen LogP contribution < -0.4 is 46.2 Å². The van der Waals surface area contributed by atoms with Gasteiger partial charge in [-0.25, -0.2) is 14.4 Å². The fraction of sp³-hybridized carbons (Fsp3) is 0.0690. The van der Waals surface area contributed by atoms with E-state index in [0.717, 1.165) is 71.5 Å². The van der Waals surface area contributed by atoms with Crippen LogP contribution in [0.2, 0.25) is 5.02 Å². The number of fused-ring (bicyclic) bond motifs is 9. The summed E-state index contributed by atoms with van der Waals surface area (Å²) in [5.41, 5.74) is 10.7. The third-order valence-corrected chi connectivity index (χ3v) is 13.2. The molecule has 6 heterocycles. The fourth-order valence-corrected chi connectivity index (χ4v) is 9.62. The molecule has 6 aromatic heterocycles. The van der Waals surface area contributed by atoms with Crippen molar-refractivity contribution in [2.75, 3.05) is 0 Å². The first-order chi connectivity index (χ1) is 34.8. The molecule has 17 heteroatoms. The van der Waals surface area contributed by atoms with Gasteiger partial charge in [0.2, 0.25) is 0 Å². The summed E-state index contributed by atoms with van der Waals surface area (Å²) in [6.45, 7) is 7.06. The number of aromatic nitrogens is 6. The first-order valence-electron chi connectivity index (χ1n) is 22.4. The molecule has 0 saturated heterocycles. The second-order valence-corrected chi connectivity index (χ2v) is 17.3. The van der Waals surface area contributed by atoms with Crippen LogP contribution in [0.4, 0.5) is 5.69 Å². The van der Waals surface area contributed by atoms with E-state index >= 15 is 0 Å². The molecule has 0 spiro atoms. The van der Waals surface area contributed by atoms with Gasteiger partial charge in [0, 0.05) is 66.5 Å². The number of halogens is 1. The predicted octanol–water partition coefficient (Wildman–Crippen LogP) is 8.51. The van der Waals surface area contributed by atoms with Crippen molar-refractivity contribution >= 4 is 95.0 Å². The first-order valence-corrected chi connectivity index (χ1v) is 22.8. The Labute approximate surface area is 454 Å². The minimum atomic E-state index is -1.01. The topological polar surface area (TPSA) is 190 Å². The van der Waals surface area contributed by atoms with E-state index in [0.29, 0.717) is 17.1 Å². The van der Waals surface area contributed by atoms with Gasteiger partial charge in [-0.15, -0.1) is 0 Å². The Bertz CT molecular complexity index is 4410. The normalized spacial score (nSPS) is 10.7. The number of nitrogens with zero attached hydrogens (tertiary/aromatic N) is 7. The molecule has 15 nitrogen and oxygen atoms in total. The van der Waals surface area contributed by atoms with E-state index in [2.05, 4.69) is 9.41 Å². The summed E-state index contributed by atoms with van der Waals surface area (Å²) in [5.74, 6) is -2.00. The van der Waals surface area contributed by atoms with E-state index in [4.69, 9.17) is 28.4 Å². The van der Waals surface area contributed by atoms with Crippen LogP contribution in [-0.2, 0) is 21.1 Å². The maximum atomic E-state index is 12.8. The maximum absolute atomic E-state index is 12.8. The average Bonchev–Trinajstić information content (AvgIpc) is 4.00. The van der Waals surface area contributed by atoms with E-state index in [1.807, 2.05) is 127 Å². The van der Waals surface area contributed by atoms with Crippen molar-refractivity contribution in [3.8, 4) is 17.1 Å². The Morgan fingerprint density at radius 3 is 1.17 bits per heavy atom. The van der Waals surface area contributed by atoms with Gasteiger partial charge in [-0.3, -0.25) is 28.1 Å². The third-order valence-electron chi connectivity index (χ3n) is 12.9. The Hall–Kier alpha value is -8.75. The van der Waals surface area contributed by atoms with Crippen molar-refractivity contribution in [3.05, 3.63) is 235 Å². The number of carboxylic acid groups (broad SMARTS) is 2. The Morgan fingerprint density at radius 1 is 0.467 bits per heavy atom. The minimum Gasteiger partial charge on any atom is -0.870 e. The second-order valence-electron chi connectivity index (χ2n) is 16.9. The standard InChI is InChI=1S/C19H13ClN2O3.C19H13N3O.C19H14N2O3.CH4.Na.H2O/c1-21-15-5-3-2-4-13(15)17-16(21)10-14(20)18(23)22(17)12-8-6-11(7-9-12)19(24)25;1-20-13-7-9-14(10-8-13)22-18(23)12-11-17-19(22)15-5-3-4-6-16(15)21(17)2;1-20-15-5-3-2-4-14(15)18-16(20)10-11-17(22)21(18)13-8-6-12(7-9-13)19(23)24;;;/h2-10H,1H3,(H,24,25);3-12H,2H3;2-11H,1H3,(H,23,24);1H4;;1H2/q;;;;+1;/p-1. The summed E-state index contributed by atoms with van der Waals surface area (Å²) in [7, 11) is 5.89. The average molecular weight is 1030 g/mol. The molecule has 6 aromatic carbocycles. The third kappa shape index (κ3) is 9.44. The monoisotopic (exact) mass is 1030 g/mol. The van der Waals surface area contributed by atoms with E-state index in [1.54, 1.807) is 57.7 Å². The molecule has 12 rings (SSSR count). The molecule has 0 aliphatic carbocycles. The quantitative estimate of drug-likeness (QED) is 0.127. The second kappa shape index (κ2) is 21.8. The number of aryl methyl sites for hydroxylation is 3. The summed E-state index contributed by atoms with van der Waals surface area (Å²) >= 11 is 6.18. The van der Waals surface area contributed by atoms with Gasteiger partial charge in [0.25, 0.3) is 16.7 Å². The van der Waals surface area contributed by atoms with Crippen LogP contribution in [0.3, 0.4) is 0 Å². The first kappa shape index (κ1) is 54.0. The molecular weight excluding hydrogens is 981 g/mol. The van der Waals surface area contributed by atoms with Crippen LogP contribution in [0.25, 0.3) is 87.7 Å². The maximum Gasteiger partial charge on any atom is 1.00 e. The Balaban J connectivity index is 0.000000161. The van der Waals surface area contributed by atoms with E-state index in [9.17, 15) is 24.0 Å². The summed E-state index contributed by atoms with van der Waals surface area (Å²) in [6, 6.07) is 51.8. The van der Waals surface area contributed by atoms with E-state index in [-0.39, 0.29) is 75.3 Å². The van der Waals surface area contributed by atoms with Crippen LogP contribution in [-0.4, -0.2) is 55.0 Å². The summed E-state index contributed by atoms with van der Waals surface area (Å²) in [6.07, 6.45) is 0. The summed E-state index contributed by atoms with van der Waals surface area (Å²) < 4.78 is 11.0. The number of rotatable bonds is 5. The molecule has 3 N–H and O–H groups in total. The van der Waals surface area contributed by atoms with Gasteiger partial charge in [0.15, 0.2) is 5.69 Å². The van der Waals surface area contributed by atoms with Gasteiger partial charge in [-0.1, -0.05) is 85.8 Å². The summed E-state index contributed by atoms with van der Waals surface area (Å²) in [4.78, 5) is 63.3. The van der Waals surface area contributed by atoms with Crippen LogP contribution in [0.1, 0.15) is 28.1 Å². The number of hydrogen-bond acceptors (Lipinski definition) is 6. The number of para-hydroxylation sites is 3. The molecule has 0 aliphatic heterocycles. The van der Waals surface area contributed by atoms with Gasteiger partial charge in [-0.2, -0.15) is 0 Å². The van der Waals surface area contributed by atoms with Crippen LogP contribution in [0.15, 0.2) is 190 Å². The molecule has 0 bridgehead atoms. The number of benzene rings is 6. The molecule has 0 aliphatic rings. The van der Waals surface area contributed by atoms with Gasteiger partial charge < -0.3 is 29.4 Å². The number of carbonyl (C=O) groups is 2. The van der Waals surface area contributed by atoms with E-state index < -0.39 is 11.9 Å². The largest absolute Gasteiger partial charge is 1.00 e. The molecule has 0 saturated carbocycles. The predicted molar refractivity (Wildman–Crippen MR) is 292 cm³/mol. The minimum absolute atomic E-state index is 0. The van der Waals surface area contributed by atoms with Gasteiger partial charge in [0.1, 0.15) is 5.02 Å². The molecular formula is C58H45ClN7NaO8. The number of pyridine rings is 3. The molecule has 75 heavy (non-hydrogen) atoms. The van der Waals surface area contributed by atoms with Crippen molar-refractivity contribution in [2.45, 2.75) is 7.43 Å². The number of aromatic carboxylic acids is 2.